The first-order chi connectivity index (χ1) is 9.53. The van der Waals surface area contributed by atoms with Crippen molar-refractivity contribution in [1.29, 1.82) is 0 Å². The number of phenols is 1. The van der Waals surface area contributed by atoms with Crippen LogP contribution in [0.25, 0.3) is 10.8 Å². The molecule has 0 aromatic heterocycles. The van der Waals surface area contributed by atoms with Gasteiger partial charge in [0.05, 0.1) is 6.61 Å². The summed E-state index contributed by atoms with van der Waals surface area (Å²) in [5.74, 6) is -0.697. The van der Waals surface area contributed by atoms with E-state index in [2.05, 4.69) is 13.8 Å². The van der Waals surface area contributed by atoms with E-state index in [9.17, 15) is 5.11 Å². The summed E-state index contributed by atoms with van der Waals surface area (Å²) in [6.45, 7) is 4.74. The lowest BCUT2D eigenvalue weighted by Gasteiger charge is -2.44. The van der Waals surface area contributed by atoms with Gasteiger partial charge < -0.3 is 9.84 Å². The van der Waals surface area contributed by atoms with Crippen molar-refractivity contribution in [3.63, 3.8) is 0 Å². The molecular formula is C16H16O4. The molecule has 2 saturated heterocycles. The Morgan fingerprint density at radius 1 is 1.20 bits per heavy atom. The van der Waals surface area contributed by atoms with Gasteiger partial charge >= 0.3 is 0 Å². The Kier molecular flexibility index (Phi) is 2.26. The molecule has 2 aromatic rings. The molecule has 0 aliphatic carbocycles. The summed E-state index contributed by atoms with van der Waals surface area (Å²) in [7, 11) is 0. The van der Waals surface area contributed by atoms with Crippen molar-refractivity contribution in [2.75, 3.05) is 6.61 Å². The minimum absolute atomic E-state index is 0.120. The molecule has 2 unspecified atom stereocenters. The average molecular weight is 272 g/mol. The van der Waals surface area contributed by atoms with Crippen LogP contribution in [0.1, 0.15) is 19.4 Å². The van der Waals surface area contributed by atoms with Gasteiger partial charge in [0.15, 0.2) is 6.10 Å². The Balaban J connectivity index is 1.95. The van der Waals surface area contributed by atoms with Crippen LogP contribution < -0.4 is 0 Å². The van der Waals surface area contributed by atoms with Crippen molar-refractivity contribution in [3.8, 4) is 5.75 Å². The van der Waals surface area contributed by atoms with Gasteiger partial charge in [-0.15, -0.1) is 0 Å². The quantitative estimate of drug-likeness (QED) is 0.810. The second kappa shape index (κ2) is 3.73. The number of rotatable bonds is 1. The predicted molar refractivity (Wildman–Crippen MR) is 73.0 cm³/mol. The van der Waals surface area contributed by atoms with Crippen LogP contribution >= 0.6 is 0 Å². The van der Waals surface area contributed by atoms with E-state index in [0.29, 0.717) is 6.61 Å². The maximum absolute atomic E-state index is 9.97. The van der Waals surface area contributed by atoms with E-state index in [0.717, 1.165) is 16.3 Å². The molecule has 1 N–H and O–H groups in total. The van der Waals surface area contributed by atoms with E-state index in [-0.39, 0.29) is 17.3 Å². The Morgan fingerprint density at radius 2 is 2.00 bits per heavy atom. The monoisotopic (exact) mass is 272 g/mol. The second-order valence-electron chi connectivity index (χ2n) is 6.22. The fraction of sp³-hybridized carbons (Fsp3) is 0.375. The molecule has 0 radical (unpaired) electrons. The van der Waals surface area contributed by atoms with Crippen LogP contribution in [0, 0.1) is 5.41 Å². The zero-order valence-electron chi connectivity index (χ0n) is 11.4. The largest absolute Gasteiger partial charge is 0.508 e. The van der Waals surface area contributed by atoms with Crippen LogP contribution in [0.2, 0.25) is 0 Å². The summed E-state index contributed by atoms with van der Waals surface area (Å²) in [6, 6.07) is 11.3. The molecule has 2 aliphatic heterocycles. The highest BCUT2D eigenvalue weighted by Gasteiger charge is 2.66. The summed E-state index contributed by atoms with van der Waals surface area (Å²) in [5, 5.41) is 11.9. The first-order valence-electron chi connectivity index (χ1n) is 6.74. The summed E-state index contributed by atoms with van der Waals surface area (Å²) in [4.78, 5) is 10.7. The van der Waals surface area contributed by atoms with Crippen molar-refractivity contribution in [2.24, 2.45) is 5.41 Å². The summed E-state index contributed by atoms with van der Waals surface area (Å²) < 4.78 is 5.95. The molecule has 0 saturated carbocycles. The van der Waals surface area contributed by atoms with Crippen LogP contribution in [-0.2, 0) is 20.3 Å². The standard InChI is InChI=1S/C16H16O4/c1-15(2)9-18-16(14(15)19-20-16)13-8-11(17)7-10-5-3-4-6-12(10)13/h3-8,14,17H,9H2,1-2H3. The maximum Gasteiger partial charge on any atom is 0.258 e. The number of ether oxygens (including phenoxy) is 1. The number of fused-ring (bicyclic) bond motifs is 2. The van der Waals surface area contributed by atoms with Gasteiger partial charge in [-0.05, 0) is 22.9 Å². The number of hydrogen-bond acceptors (Lipinski definition) is 4. The van der Waals surface area contributed by atoms with Crippen LogP contribution in [0.3, 0.4) is 0 Å². The molecule has 20 heavy (non-hydrogen) atoms. The fourth-order valence-corrected chi connectivity index (χ4v) is 3.14. The second-order valence-corrected chi connectivity index (χ2v) is 6.22. The fourth-order valence-electron chi connectivity index (χ4n) is 3.14. The Bertz CT molecular complexity index is 694. The van der Waals surface area contributed by atoms with E-state index < -0.39 is 5.79 Å². The first-order valence-corrected chi connectivity index (χ1v) is 6.74. The Morgan fingerprint density at radius 3 is 2.70 bits per heavy atom. The molecule has 4 heteroatoms. The van der Waals surface area contributed by atoms with E-state index >= 15 is 0 Å². The molecule has 2 fully saturated rings. The number of aromatic hydroxyl groups is 1. The molecule has 0 spiro atoms. The lowest BCUT2D eigenvalue weighted by atomic mass is 9.81. The highest BCUT2D eigenvalue weighted by atomic mass is 17.3. The number of benzene rings is 2. The summed E-state index contributed by atoms with van der Waals surface area (Å²) in [5.41, 5.74) is 0.708. The smallest absolute Gasteiger partial charge is 0.258 e. The van der Waals surface area contributed by atoms with Gasteiger partial charge in [0.2, 0.25) is 0 Å². The van der Waals surface area contributed by atoms with Gasteiger partial charge in [0.1, 0.15) is 5.75 Å². The average Bonchev–Trinajstić information content (AvgIpc) is 2.54. The minimum atomic E-state index is -0.901. The van der Waals surface area contributed by atoms with Gasteiger partial charge in [0.25, 0.3) is 5.79 Å². The van der Waals surface area contributed by atoms with Gasteiger partial charge in [0, 0.05) is 11.0 Å². The highest BCUT2D eigenvalue weighted by Crippen LogP contribution is 2.56. The van der Waals surface area contributed by atoms with Crippen LogP contribution in [-0.4, -0.2) is 17.8 Å². The van der Waals surface area contributed by atoms with E-state index in [1.807, 2.05) is 24.3 Å². The normalized spacial score (nSPS) is 31.0. The minimum Gasteiger partial charge on any atom is -0.508 e. The highest BCUT2D eigenvalue weighted by molar-refractivity contribution is 5.88. The Labute approximate surface area is 116 Å². The SMILES string of the molecule is CC1(C)COC2(c3cc(O)cc4ccccc34)OOC12. The van der Waals surface area contributed by atoms with Gasteiger partial charge in [-0.1, -0.05) is 38.1 Å². The topological polar surface area (TPSA) is 47.9 Å². The maximum atomic E-state index is 9.97. The summed E-state index contributed by atoms with van der Waals surface area (Å²) >= 11 is 0. The molecule has 4 nitrogen and oxygen atoms in total. The van der Waals surface area contributed by atoms with Crippen LogP contribution in [0.5, 0.6) is 5.75 Å². The third-order valence-electron chi connectivity index (χ3n) is 4.20. The Hall–Kier alpha value is -1.62. The van der Waals surface area contributed by atoms with Gasteiger partial charge in [-0.25, -0.2) is 4.89 Å². The first kappa shape index (κ1) is 12.1. The van der Waals surface area contributed by atoms with Crippen LogP contribution in [0.4, 0.5) is 0 Å². The molecule has 2 aromatic carbocycles. The van der Waals surface area contributed by atoms with E-state index in [1.54, 1.807) is 12.1 Å². The molecule has 2 heterocycles. The van der Waals surface area contributed by atoms with Crippen molar-refractivity contribution >= 4 is 10.8 Å². The van der Waals surface area contributed by atoms with Crippen molar-refractivity contribution in [2.45, 2.75) is 25.7 Å². The molecule has 0 bridgehead atoms. The van der Waals surface area contributed by atoms with E-state index in [4.69, 9.17) is 14.5 Å². The zero-order valence-corrected chi connectivity index (χ0v) is 11.4. The van der Waals surface area contributed by atoms with Crippen molar-refractivity contribution in [3.05, 3.63) is 42.0 Å². The zero-order chi connectivity index (χ0) is 14.0. The van der Waals surface area contributed by atoms with Crippen LogP contribution in [0.15, 0.2) is 36.4 Å². The van der Waals surface area contributed by atoms with Gasteiger partial charge in [-0.2, -0.15) is 4.89 Å². The molecule has 2 aliphatic rings. The molecule has 0 amide bonds. The van der Waals surface area contributed by atoms with E-state index in [1.165, 1.54) is 0 Å². The number of hydrogen-bond donors (Lipinski definition) is 1. The number of phenolic OH excluding ortho intramolecular Hbond substituents is 1. The lowest BCUT2D eigenvalue weighted by Crippen LogP contribution is -2.55. The lowest BCUT2D eigenvalue weighted by molar-refractivity contribution is -0.568. The van der Waals surface area contributed by atoms with Crippen molar-refractivity contribution < 1.29 is 19.6 Å². The molecule has 104 valence electrons. The molecular weight excluding hydrogens is 256 g/mol. The summed E-state index contributed by atoms with van der Waals surface area (Å²) in [6.07, 6.45) is -0.166. The van der Waals surface area contributed by atoms with Crippen molar-refractivity contribution in [1.82, 2.24) is 0 Å². The van der Waals surface area contributed by atoms with Gasteiger partial charge in [-0.3, -0.25) is 0 Å². The third kappa shape index (κ3) is 1.41. The third-order valence-corrected chi connectivity index (χ3v) is 4.20. The molecule has 2 atom stereocenters. The predicted octanol–water partition coefficient (Wildman–Crippen LogP) is 3.09. The molecule has 4 rings (SSSR count).